The third-order valence-electron chi connectivity index (χ3n) is 2.77. The standard InChI is InChI=1S/C14H21N3O2.ClH/c1-10-6-7-11(16-13(18)5-4-8-15)9-12(10)14(19)17(2)3;/h6-7,9H,4-5,8,15H2,1-3H3,(H,16,18);1H. The summed E-state index contributed by atoms with van der Waals surface area (Å²) >= 11 is 0. The molecule has 0 aliphatic heterocycles. The molecule has 0 radical (unpaired) electrons. The Balaban J connectivity index is 0.00000361. The van der Waals surface area contributed by atoms with Crippen molar-refractivity contribution in [1.82, 2.24) is 4.90 Å². The van der Waals surface area contributed by atoms with Crippen molar-refractivity contribution in [1.29, 1.82) is 0 Å². The maximum absolute atomic E-state index is 12.0. The van der Waals surface area contributed by atoms with E-state index in [1.54, 1.807) is 26.2 Å². The first-order chi connectivity index (χ1) is 8.95. The van der Waals surface area contributed by atoms with Crippen molar-refractivity contribution in [3.05, 3.63) is 29.3 Å². The molecule has 0 bridgehead atoms. The van der Waals surface area contributed by atoms with Gasteiger partial charge >= 0.3 is 0 Å². The Morgan fingerprint density at radius 3 is 2.50 bits per heavy atom. The van der Waals surface area contributed by atoms with Gasteiger partial charge in [0.1, 0.15) is 0 Å². The molecule has 0 unspecified atom stereocenters. The lowest BCUT2D eigenvalue weighted by atomic mass is 10.1. The smallest absolute Gasteiger partial charge is 0.253 e. The summed E-state index contributed by atoms with van der Waals surface area (Å²) in [7, 11) is 3.41. The van der Waals surface area contributed by atoms with E-state index in [1.165, 1.54) is 4.90 Å². The fourth-order valence-electron chi connectivity index (χ4n) is 1.66. The van der Waals surface area contributed by atoms with Crippen LogP contribution in [0.25, 0.3) is 0 Å². The van der Waals surface area contributed by atoms with Crippen LogP contribution in [0.1, 0.15) is 28.8 Å². The topological polar surface area (TPSA) is 75.4 Å². The fourth-order valence-corrected chi connectivity index (χ4v) is 1.66. The molecule has 0 aromatic heterocycles. The van der Waals surface area contributed by atoms with Crippen LogP contribution < -0.4 is 11.1 Å². The number of anilines is 1. The van der Waals surface area contributed by atoms with Crippen LogP contribution in [0.5, 0.6) is 0 Å². The molecule has 0 atom stereocenters. The maximum atomic E-state index is 12.0. The second-order valence-electron chi connectivity index (χ2n) is 4.67. The monoisotopic (exact) mass is 299 g/mol. The van der Waals surface area contributed by atoms with E-state index in [4.69, 9.17) is 5.73 Å². The summed E-state index contributed by atoms with van der Waals surface area (Å²) in [5.74, 6) is -0.159. The van der Waals surface area contributed by atoms with Crippen LogP contribution in [0.2, 0.25) is 0 Å². The van der Waals surface area contributed by atoms with Crippen LogP contribution in [-0.4, -0.2) is 37.4 Å². The van der Waals surface area contributed by atoms with Gasteiger partial charge in [-0.25, -0.2) is 0 Å². The summed E-state index contributed by atoms with van der Waals surface area (Å²) in [6.07, 6.45) is 1.04. The number of benzene rings is 1. The molecule has 0 saturated heterocycles. The highest BCUT2D eigenvalue weighted by molar-refractivity contribution is 5.98. The fraction of sp³-hybridized carbons (Fsp3) is 0.429. The summed E-state index contributed by atoms with van der Waals surface area (Å²) in [6.45, 7) is 2.36. The number of carbonyl (C=O) groups is 2. The Morgan fingerprint density at radius 1 is 1.30 bits per heavy atom. The van der Waals surface area contributed by atoms with Gasteiger partial charge in [-0.3, -0.25) is 9.59 Å². The van der Waals surface area contributed by atoms with Gasteiger partial charge in [0, 0.05) is 31.8 Å². The lowest BCUT2D eigenvalue weighted by Gasteiger charge is -2.14. The highest BCUT2D eigenvalue weighted by atomic mass is 35.5. The van der Waals surface area contributed by atoms with E-state index in [0.717, 1.165) is 5.56 Å². The average Bonchev–Trinajstić information content (AvgIpc) is 2.37. The number of amides is 2. The van der Waals surface area contributed by atoms with Gasteiger partial charge in [0.15, 0.2) is 0 Å². The molecule has 5 nitrogen and oxygen atoms in total. The predicted molar refractivity (Wildman–Crippen MR) is 83.4 cm³/mol. The lowest BCUT2D eigenvalue weighted by molar-refractivity contribution is -0.116. The van der Waals surface area contributed by atoms with Crippen molar-refractivity contribution in [2.45, 2.75) is 19.8 Å². The number of nitrogens with zero attached hydrogens (tertiary/aromatic N) is 1. The molecule has 2 amide bonds. The molecule has 112 valence electrons. The van der Waals surface area contributed by atoms with Gasteiger partial charge in [0.25, 0.3) is 5.91 Å². The lowest BCUT2D eigenvalue weighted by Crippen LogP contribution is -2.23. The Bertz CT molecular complexity index is 475. The molecule has 0 saturated carbocycles. The molecule has 6 heteroatoms. The number of rotatable bonds is 5. The number of hydrogen-bond donors (Lipinski definition) is 2. The quantitative estimate of drug-likeness (QED) is 0.870. The summed E-state index contributed by atoms with van der Waals surface area (Å²) in [6, 6.07) is 5.33. The van der Waals surface area contributed by atoms with Gasteiger partial charge in [-0.05, 0) is 37.6 Å². The molecule has 1 aromatic carbocycles. The highest BCUT2D eigenvalue weighted by Crippen LogP contribution is 2.17. The number of hydrogen-bond acceptors (Lipinski definition) is 3. The first-order valence-corrected chi connectivity index (χ1v) is 6.28. The third kappa shape index (κ3) is 5.19. The average molecular weight is 300 g/mol. The van der Waals surface area contributed by atoms with Crippen LogP contribution in [0.15, 0.2) is 18.2 Å². The van der Waals surface area contributed by atoms with Crippen molar-refractivity contribution in [3.8, 4) is 0 Å². The van der Waals surface area contributed by atoms with E-state index in [9.17, 15) is 9.59 Å². The van der Waals surface area contributed by atoms with E-state index < -0.39 is 0 Å². The largest absolute Gasteiger partial charge is 0.345 e. The van der Waals surface area contributed by atoms with Crippen molar-refractivity contribution < 1.29 is 9.59 Å². The van der Waals surface area contributed by atoms with Crippen molar-refractivity contribution in [3.63, 3.8) is 0 Å². The first-order valence-electron chi connectivity index (χ1n) is 6.28. The van der Waals surface area contributed by atoms with E-state index in [0.29, 0.717) is 30.6 Å². The van der Waals surface area contributed by atoms with Crippen LogP contribution in [0.3, 0.4) is 0 Å². The molecule has 0 fully saturated rings. The minimum Gasteiger partial charge on any atom is -0.345 e. The Labute approximate surface area is 125 Å². The number of carbonyl (C=O) groups excluding carboxylic acids is 2. The van der Waals surface area contributed by atoms with E-state index >= 15 is 0 Å². The maximum Gasteiger partial charge on any atom is 0.253 e. The summed E-state index contributed by atoms with van der Waals surface area (Å²) < 4.78 is 0. The molecule has 3 N–H and O–H groups in total. The number of aryl methyl sites for hydroxylation is 1. The van der Waals surface area contributed by atoms with Gasteiger partial charge in [0.2, 0.25) is 5.91 Å². The van der Waals surface area contributed by atoms with Gasteiger partial charge in [0.05, 0.1) is 0 Å². The number of halogens is 1. The molecule has 0 aliphatic rings. The third-order valence-corrected chi connectivity index (χ3v) is 2.77. The van der Waals surface area contributed by atoms with E-state index in [2.05, 4.69) is 5.32 Å². The summed E-state index contributed by atoms with van der Waals surface area (Å²) in [5, 5.41) is 2.77. The zero-order chi connectivity index (χ0) is 14.4. The van der Waals surface area contributed by atoms with Crippen LogP contribution in [0.4, 0.5) is 5.69 Å². The summed E-state index contributed by atoms with van der Waals surface area (Å²) in [4.78, 5) is 25.1. The first kappa shape index (κ1) is 18.4. The number of nitrogens with one attached hydrogen (secondary N) is 1. The molecule has 1 rings (SSSR count). The van der Waals surface area contributed by atoms with Gasteiger partial charge in [-0.1, -0.05) is 6.07 Å². The molecular formula is C14H22ClN3O2. The second kappa shape index (κ2) is 8.55. The zero-order valence-corrected chi connectivity index (χ0v) is 12.9. The number of nitrogens with two attached hydrogens (primary N) is 1. The van der Waals surface area contributed by atoms with Crippen molar-refractivity contribution in [2.75, 3.05) is 26.0 Å². The van der Waals surface area contributed by atoms with Gasteiger partial charge in [-0.15, -0.1) is 12.4 Å². The van der Waals surface area contributed by atoms with Gasteiger partial charge in [-0.2, -0.15) is 0 Å². The normalized spacial score (nSPS) is 9.60. The van der Waals surface area contributed by atoms with E-state index in [-0.39, 0.29) is 24.2 Å². The van der Waals surface area contributed by atoms with Crippen LogP contribution in [-0.2, 0) is 4.79 Å². The predicted octanol–water partition coefficient (Wildman–Crippen LogP) is 1.80. The Hall–Kier alpha value is -1.59. The molecule has 0 aliphatic carbocycles. The van der Waals surface area contributed by atoms with Crippen LogP contribution in [0, 0.1) is 6.92 Å². The minimum absolute atomic E-state index is 0. The van der Waals surface area contributed by atoms with Crippen LogP contribution >= 0.6 is 12.4 Å². The minimum atomic E-state index is -0.0856. The van der Waals surface area contributed by atoms with E-state index in [1.807, 2.05) is 13.0 Å². The zero-order valence-electron chi connectivity index (χ0n) is 12.1. The highest BCUT2D eigenvalue weighted by Gasteiger charge is 2.12. The molecular weight excluding hydrogens is 278 g/mol. The molecule has 0 spiro atoms. The Kier molecular flexibility index (Phi) is 7.87. The molecule has 1 aromatic rings. The molecule has 20 heavy (non-hydrogen) atoms. The Morgan fingerprint density at radius 2 is 1.95 bits per heavy atom. The second-order valence-corrected chi connectivity index (χ2v) is 4.67. The van der Waals surface area contributed by atoms with Crippen molar-refractivity contribution >= 4 is 29.9 Å². The SMILES string of the molecule is Cc1ccc(NC(=O)CCCN)cc1C(=O)N(C)C.Cl. The summed E-state index contributed by atoms with van der Waals surface area (Å²) in [5.41, 5.74) is 7.48. The molecule has 0 heterocycles. The van der Waals surface area contributed by atoms with Gasteiger partial charge < -0.3 is 16.0 Å². The van der Waals surface area contributed by atoms with Crippen molar-refractivity contribution in [2.24, 2.45) is 5.73 Å².